The van der Waals surface area contributed by atoms with Crippen molar-refractivity contribution < 1.29 is 19.1 Å². The number of nitrogens with zero attached hydrogens (tertiary/aromatic N) is 1. The maximum atomic E-state index is 13.6. The highest BCUT2D eigenvalue weighted by Crippen LogP contribution is 2.35. The SMILES string of the molecule is COc1ccc(NC2=C(c3ccc(C)c(C)c3)C(=O)N(c3ccc(NC(C)=O)cc3)C2=O)cc1. The van der Waals surface area contributed by atoms with Gasteiger partial charge in [0.1, 0.15) is 11.4 Å². The van der Waals surface area contributed by atoms with Crippen LogP contribution in [0.5, 0.6) is 5.75 Å². The van der Waals surface area contributed by atoms with Gasteiger partial charge in [0.25, 0.3) is 11.8 Å². The molecule has 0 unspecified atom stereocenters. The Morgan fingerprint density at radius 1 is 0.824 bits per heavy atom. The predicted octanol–water partition coefficient (Wildman–Crippen LogP) is 4.67. The molecule has 0 saturated carbocycles. The molecule has 4 rings (SSSR count). The first-order valence-corrected chi connectivity index (χ1v) is 10.8. The Balaban J connectivity index is 1.76. The molecule has 1 aliphatic heterocycles. The minimum Gasteiger partial charge on any atom is -0.497 e. The minimum absolute atomic E-state index is 0.198. The summed E-state index contributed by atoms with van der Waals surface area (Å²) in [6.45, 7) is 5.38. The summed E-state index contributed by atoms with van der Waals surface area (Å²) < 4.78 is 5.21. The molecule has 2 N–H and O–H groups in total. The van der Waals surface area contributed by atoms with Crippen LogP contribution >= 0.6 is 0 Å². The van der Waals surface area contributed by atoms with Gasteiger partial charge in [0.15, 0.2) is 0 Å². The average molecular weight is 456 g/mol. The van der Waals surface area contributed by atoms with E-state index in [1.54, 1.807) is 55.6 Å². The summed E-state index contributed by atoms with van der Waals surface area (Å²) in [5.41, 5.74) is 4.92. The van der Waals surface area contributed by atoms with E-state index in [0.717, 1.165) is 16.0 Å². The number of benzene rings is 3. The van der Waals surface area contributed by atoms with Gasteiger partial charge >= 0.3 is 0 Å². The molecule has 34 heavy (non-hydrogen) atoms. The molecule has 3 aromatic rings. The van der Waals surface area contributed by atoms with Crippen molar-refractivity contribution in [2.75, 3.05) is 22.6 Å². The van der Waals surface area contributed by atoms with E-state index in [2.05, 4.69) is 10.6 Å². The molecule has 0 aromatic heterocycles. The van der Waals surface area contributed by atoms with Gasteiger partial charge in [0.2, 0.25) is 5.91 Å². The van der Waals surface area contributed by atoms with Gasteiger partial charge < -0.3 is 15.4 Å². The molecule has 1 heterocycles. The largest absolute Gasteiger partial charge is 0.497 e. The lowest BCUT2D eigenvalue weighted by molar-refractivity contribution is -0.120. The molecule has 3 aromatic carbocycles. The van der Waals surface area contributed by atoms with Crippen molar-refractivity contribution in [3.05, 3.63) is 89.1 Å². The number of hydrogen-bond acceptors (Lipinski definition) is 5. The quantitative estimate of drug-likeness (QED) is 0.528. The van der Waals surface area contributed by atoms with Crippen LogP contribution in [0.2, 0.25) is 0 Å². The number of rotatable bonds is 6. The van der Waals surface area contributed by atoms with E-state index < -0.39 is 11.8 Å². The third kappa shape index (κ3) is 4.41. The first-order valence-electron chi connectivity index (χ1n) is 10.8. The van der Waals surface area contributed by atoms with Gasteiger partial charge in [-0.25, -0.2) is 4.90 Å². The highest BCUT2D eigenvalue weighted by molar-refractivity contribution is 6.46. The monoisotopic (exact) mass is 455 g/mol. The number of anilines is 3. The van der Waals surface area contributed by atoms with E-state index in [9.17, 15) is 14.4 Å². The van der Waals surface area contributed by atoms with Gasteiger partial charge in [-0.2, -0.15) is 0 Å². The fourth-order valence-corrected chi connectivity index (χ4v) is 3.76. The van der Waals surface area contributed by atoms with Crippen LogP contribution in [0.15, 0.2) is 72.4 Å². The van der Waals surface area contributed by atoms with E-state index in [0.29, 0.717) is 33.9 Å². The average Bonchev–Trinajstić information content (AvgIpc) is 3.06. The van der Waals surface area contributed by atoms with Crippen LogP contribution in [0.1, 0.15) is 23.6 Å². The molecule has 0 saturated heterocycles. The minimum atomic E-state index is -0.457. The van der Waals surface area contributed by atoms with Crippen LogP contribution in [0.3, 0.4) is 0 Å². The van der Waals surface area contributed by atoms with Gasteiger partial charge in [-0.15, -0.1) is 0 Å². The lowest BCUT2D eigenvalue weighted by Gasteiger charge is -2.16. The van der Waals surface area contributed by atoms with Gasteiger partial charge in [0, 0.05) is 18.3 Å². The Kier molecular flexibility index (Phi) is 6.19. The Hall–Kier alpha value is -4.39. The van der Waals surface area contributed by atoms with Gasteiger partial charge in [-0.1, -0.05) is 18.2 Å². The van der Waals surface area contributed by atoms with Crippen molar-refractivity contribution in [1.29, 1.82) is 0 Å². The zero-order chi connectivity index (χ0) is 24.4. The third-order valence-electron chi connectivity index (χ3n) is 5.68. The number of amides is 3. The third-order valence-corrected chi connectivity index (χ3v) is 5.68. The predicted molar refractivity (Wildman–Crippen MR) is 133 cm³/mol. The van der Waals surface area contributed by atoms with Crippen LogP contribution in [-0.2, 0) is 14.4 Å². The molecule has 3 amide bonds. The molecule has 0 spiro atoms. The van der Waals surface area contributed by atoms with Gasteiger partial charge in [-0.3, -0.25) is 14.4 Å². The standard InChI is InChI=1S/C27H25N3O4/c1-16-5-6-19(15-17(16)2)24-25(29-21-9-13-23(34-4)14-10-21)27(33)30(26(24)32)22-11-7-20(8-12-22)28-18(3)31/h5-15,29H,1-4H3,(H,28,31). The molecule has 172 valence electrons. The topological polar surface area (TPSA) is 87.7 Å². The lowest BCUT2D eigenvalue weighted by atomic mass is 9.99. The van der Waals surface area contributed by atoms with Crippen molar-refractivity contribution >= 4 is 40.4 Å². The summed E-state index contributed by atoms with van der Waals surface area (Å²) in [5, 5.41) is 5.83. The van der Waals surface area contributed by atoms with E-state index >= 15 is 0 Å². The number of nitrogens with one attached hydrogen (secondary N) is 2. The molecule has 1 aliphatic rings. The van der Waals surface area contributed by atoms with Crippen LogP contribution in [0.25, 0.3) is 5.57 Å². The summed E-state index contributed by atoms with van der Waals surface area (Å²) in [5.74, 6) is -0.396. The Morgan fingerprint density at radius 2 is 1.47 bits per heavy atom. The number of hydrogen-bond donors (Lipinski definition) is 2. The van der Waals surface area contributed by atoms with E-state index in [-0.39, 0.29) is 11.6 Å². The van der Waals surface area contributed by atoms with Crippen molar-refractivity contribution in [2.45, 2.75) is 20.8 Å². The van der Waals surface area contributed by atoms with Gasteiger partial charge in [0.05, 0.1) is 18.4 Å². The molecule has 7 nitrogen and oxygen atoms in total. The maximum absolute atomic E-state index is 13.6. The second-order valence-corrected chi connectivity index (χ2v) is 8.08. The first-order chi connectivity index (χ1) is 16.3. The molecule has 7 heteroatoms. The molecule has 0 bridgehead atoms. The van der Waals surface area contributed by atoms with Crippen LogP contribution < -0.4 is 20.3 Å². The number of carbonyl (C=O) groups excluding carboxylic acids is 3. The van der Waals surface area contributed by atoms with E-state index in [1.807, 2.05) is 32.0 Å². The molecule has 0 aliphatic carbocycles. The Labute approximate surface area is 198 Å². The Morgan fingerprint density at radius 3 is 2.06 bits per heavy atom. The number of ether oxygens (including phenoxy) is 1. The summed E-state index contributed by atoms with van der Waals surface area (Å²) in [4.78, 5) is 39.6. The smallest absolute Gasteiger partial charge is 0.282 e. The molecular weight excluding hydrogens is 430 g/mol. The number of carbonyl (C=O) groups is 3. The lowest BCUT2D eigenvalue weighted by Crippen LogP contribution is -2.32. The molecule has 0 atom stereocenters. The fraction of sp³-hybridized carbons (Fsp3) is 0.148. The maximum Gasteiger partial charge on any atom is 0.282 e. The fourth-order valence-electron chi connectivity index (χ4n) is 3.76. The zero-order valence-electron chi connectivity index (χ0n) is 19.4. The zero-order valence-corrected chi connectivity index (χ0v) is 19.4. The Bertz CT molecular complexity index is 1310. The number of aryl methyl sites for hydroxylation is 2. The second kappa shape index (κ2) is 9.23. The second-order valence-electron chi connectivity index (χ2n) is 8.08. The molecule has 0 fully saturated rings. The highest BCUT2D eigenvalue weighted by atomic mass is 16.5. The van der Waals surface area contributed by atoms with Crippen LogP contribution in [0, 0.1) is 13.8 Å². The van der Waals surface area contributed by atoms with Crippen LogP contribution in [0.4, 0.5) is 17.1 Å². The molecule has 0 radical (unpaired) electrons. The first kappa shape index (κ1) is 22.8. The summed E-state index contributed by atoms with van der Waals surface area (Å²) >= 11 is 0. The number of methoxy groups -OCH3 is 1. The summed E-state index contributed by atoms with van der Waals surface area (Å²) in [6, 6.07) is 19.4. The normalized spacial score (nSPS) is 13.4. The molecular formula is C27H25N3O4. The van der Waals surface area contributed by atoms with E-state index in [1.165, 1.54) is 6.92 Å². The highest BCUT2D eigenvalue weighted by Gasteiger charge is 2.40. The number of imide groups is 1. The summed E-state index contributed by atoms with van der Waals surface area (Å²) in [6.07, 6.45) is 0. The van der Waals surface area contributed by atoms with Crippen molar-refractivity contribution in [3.8, 4) is 5.75 Å². The van der Waals surface area contributed by atoms with Crippen molar-refractivity contribution in [3.63, 3.8) is 0 Å². The van der Waals surface area contributed by atoms with Gasteiger partial charge in [-0.05, 0) is 79.1 Å². The van der Waals surface area contributed by atoms with Crippen molar-refractivity contribution in [1.82, 2.24) is 0 Å². The summed E-state index contributed by atoms with van der Waals surface area (Å²) in [7, 11) is 1.58. The van der Waals surface area contributed by atoms with Crippen molar-refractivity contribution in [2.24, 2.45) is 0 Å². The van der Waals surface area contributed by atoms with E-state index in [4.69, 9.17) is 4.74 Å². The van der Waals surface area contributed by atoms with Crippen LogP contribution in [-0.4, -0.2) is 24.8 Å².